The van der Waals surface area contributed by atoms with Gasteiger partial charge in [-0.15, -0.1) is 0 Å². The van der Waals surface area contributed by atoms with Crippen molar-refractivity contribution >= 4 is 17.6 Å². The summed E-state index contributed by atoms with van der Waals surface area (Å²) in [4.78, 5) is 6.63. The Bertz CT molecular complexity index is 697. The van der Waals surface area contributed by atoms with Crippen molar-refractivity contribution in [3.05, 3.63) is 52.8 Å². The molecule has 24 heavy (non-hydrogen) atoms. The Labute approximate surface area is 147 Å². The molecule has 128 valence electrons. The number of nitrogens with zero attached hydrogens (tertiary/aromatic N) is 4. The molecule has 6 nitrogen and oxygen atoms in total. The number of hydrogen-bond donors (Lipinski definition) is 1. The third-order valence-corrected chi connectivity index (χ3v) is 4.29. The van der Waals surface area contributed by atoms with Gasteiger partial charge in [0, 0.05) is 44.0 Å². The first kappa shape index (κ1) is 16.8. The highest BCUT2D eigenvalue weighted by atomic mass is 35.5. The zero-order valence-electron chi connectivity index (χ0n) is 13.9. The molecule has 1 aromatic heterocycles. The van der Waals surface area contributed by atoms with Gasteiger partial charge in [-0.3, -0.25) is 9.67 Å². The number of halogens is 1. The van der Waals surface area contributed by atoms with Crippen LogP contribution in [0, 0.1) is 0 Å². The molecule has 1 aromatic carbocycles. The molecule has 2 aromatic rings. The first-order valence-electron chi connectivity index (χ1n) is 7.96. The van der Waals surface area contributed by atoms with Crippen molar-refractivity contribution in [1.29, 1.82) is 0 Å². The number of rotatable bonds is 3. The highest BCUT2D eigenvalue weighted by Gasteiger charge is 2.25. The molecule has 3 rings (SSSR count). The third kappa shape index (κ3) is 4.07. The van der Waals surface area contributed by atoms with Gasteiger partial charge in [0.15, 0.2) is 5.96 Å². The van der Waals surface area contributed by atoms with Crippen molar-refractivity contribution < 1.29 is 4.74 Å². The highest BCUT2D eigenvalue weighted by molar-refractivity contribution is 6.30. The lowest BCUT2D eigenvalue weighted by Gasteiger charge is -2.34. The Kier molecular flexibility index (Phi) is 5.37. The van der Waals surface area contributed by atoms with Crippen molar-refractivity contribution in [2.75, 3.05) is 26.7 Å². The zero-order valence-corrected chi connectivity index (χ0v) is 14.7. The molecule has 1 aliphatic heterocycles. The summed E-state index contributed by atoms with van der Waals surface area (Å²) in [5.41, 5.74) is 2.26. The summed E-state index contributed by atoms with van der Waals surface area (Å²) in [6, 6.07) is 7.82. The van der Waals surface area contributed by atoms with Crippen LogP contribution in [0.15, 0.2) is 41.7 Å². The predicted molar refractivity (Wildman–Crippen MR) is 95.1 cm³/mol. The molecule has 0 bridgehead atoms. The smallest absolute Gasteiger partial charge is 0.194 e. The van der Waals surface area contributed by atoms with E-state index in [0.29, 0.717) is 13.2 Å². The van der Waals surface area contributed by atoms with Crippen LogP contribution in [0.4, 0.5) is 0 Å². The molecular weight excluding hydrogens is 326 g/mol. The number of morpholine rings is 1. The average molecular weight is 348 g/mol. The molecule has 1 atom stereocenters. The third-order valence-electron chi connectivity index (χ3n) is 4.04. The van der Waals surface area contributed by atoms with Gasteiger partial charge in [0.25, 0.3) is 0 Å². The van der Waals surface area contributed by atoms with Crippen LogP contribution >= 0.6 is 11.6 Å². The lowest BCUT2D eigenvalue weighted by atomic mass is 10.1. The molecule has 1 fully saturated rings. The number of guanidine groups is 1. The van der Waals surface area contributed by atoms with E-state index in [1.165, 1.54) is 0 Å². The first-order valence-corrected chi connectivity index (χ1v) is 8.33. The molecule has 0 saturated carbocycles. The van der Waals surface area contributed by atoms with E-state index in [9.17, 15) is 0 Å². The molecule has 0 radical (unpaired) electrons. The van der Waals surface area contributed by atoms with Crippen LogP contribution in [0.5, 0.6) is 0 Å². The second kappa shape index (κ2) is 7.68. The molecule has 2 heterocycles. The van der Waals surface area contributed by atoms with Gasteiger partial charge in [-0.05, 0) is 17.7 Å². The Hall–Kier alpha value is -2.05. The average Bonchev–Trinajstić information content (AvgIpc) is 3.04. The SMILES string of the molecule is CN=C(NCc1ccc(Cl)cc1)N1CCOC(c2cnn(C)c2)C1. The fourth-order valence-electron chi connectivity index (χ4n) is 2.77. The van der Waals surface area contributed by atoms with Crippen LogP contribution in [-0.2, 0) is 18.3 Å². The van der Waals surface area contributed by atoms with Crippen LogP contribution in [0.3, 0.4) is 0 Å². The molecular formula is C17H22ClN5O. The lowest BCUT2D eigenvalue weighted by Crippen LogP contribution is -2.47. The molecule has 0 amide bonds. The summed E-state index contributed by atoms with van der Waals surface area (Å²) >= 11 is 5.93. The topological polar surface area (TPSA) is 54.7 Å². The van der Waals surface area contributed by atoms with Gasteiger partial charge in [-0.25, -0.2) is 0 Å². The number of aliphatic imine (C=N–C) groups is 1. The summed E-state index contributed by atoms with van der Waals surface area (Å²) in [6.07, 6.45) is 3.87. The fourth-order valence-corrected chi connectivity index (χ4v) is 2.89. The second-order valence-corrected chi connectivity index (χ2v) is 6.22. The van der Waals surface area contributed by atoms with Gasteiger partial charge in [-0.2, -0.15) is 5.10 Å². The maximum Gasteiger partial charge on any atom is 0.194 e. The van der Waals surface area contributed by atoms with Gasteiger partial charge in [0.05, 0.1) is 19.3 Å². The molecule has 1 saturated heterocycles. The number of aromatic nitrogens is 2. The number of hydrogen-bond acceptors (Lipinski definition) is 3. The van der Waals surface area contributed by atoms with Gasteiger partial charge in [-0.1, -0.05) is 23.7 Å². The normalized spacial score (nSPS) is 18.7. The first-order chi connectivity index (χ1) is 11.7. The van der Waals surface area contributed by atoms with Gasteiger partial charge in [0.1, 0.15) is 6.10 Å². The van der Waals surface area contributed by atoms with Crippen molar-refractivity contribution in [2.45, 2.75) is 12.6 Å². The largest absolute Gasteiger partial charge is 0.370 e. The standard InChI is InChI=1S/C17H22ClN5O/c1-19-17(20-9-13-3-5-15(18)6-4-13)23-7-8-24-16(12-23)14-10-21-22(2)11-14/h3-6,10-11,16H,7-9,12H2,1-2H3,(H,19,20). The van der Waals surface area contributed by atoms with E-state index >= 15 is 0 Å². The Morgan fingerprint density at radius 3 is 2.88 bits per heavy atom. The Morgan fingerprint density at radius 2 is 2.21 bits per heavy atom. The zero-order chi connectivity index (χ0) is 16.9. The molecule has 1 unspecified atom stereocenters. The Morgan fingerprint density at radius 1 is 1.42 bits per heavy atom. The lowest BCUT2D eigenvalue weighted by molar-refractivity contribution is -0.00805. The number of benzene rings is 1. The minimum Gasteiger partial charge on any atom is -0.370 e. The van der Waals surface area contributed by atoms with Crippen molar-refractivity contribution in [1.82, 2.24) is 20.0 Å². The van der Waals surface area contributed by atoms with E-state index in [1.807, 2.05) is 43.7 Å². The number of aryl methyl sites for hydroxylation is 1. The van der Waals surface area contributed by atoms with E-state index in [4.69, 9.17) is 16.3 Å². The molecule has 7 heteroatoms. The van der Waals surface area contributed by atoms with E-state index in [-0.39, 0.29) is 6.10 Å². The van der Waals surface area contributed by atoms with E-state index in [0.717, 1.165) is 35.2 Å². The highest BCUT2D eigenvalue weighted by Crippen LogP contribution is 2.21. The Balaban J connectivity index is 1.61. The van der Waals surface area contributed by atoms with Gasteiger partial charge < -0.3 is 15.0 Å². The van der Waals surface area contributed by atoms with E-state index < -0.39 is 0 Å². The van der Waals surface area contributed by atoms with Crippen LogP contribution < -0.4 is 5.32 Å². The predicted octanol–water partition coefficient (Wildman–Crippen LogP) is 2.22. The maximum atomic E-state index is 5.93. The van der Waals surface area contributed by atoms with Crippen LogP contribution in [-0.4, -0.2) is 47.4 Å². The fraction of sp³-hybridized carbons (Fsp3) is 0.412. The second-order valence-electron chi connectivity index (χ2n) is 5.78. The molecule has 0 spiro atoms. The summed E-state index contributed by atoms with van der Waals surface area (Å²) < 4.78 is 7.68. The number of nitrogens with one attached hydrogen (secondary N) is 1. The van der Waals surface area contributed by atoms with Crippen LogP contribution in [0.2, 0.25) is 5.02 Å². The monoisotopic (exact) mass is 347 g/mol. The van der Waals surface area contributed by atoms with Crippen molar-refractivity contribution in [2.24, 2.45) is 12.0 Å². The summed E-state index contributed by atoms with van der Waals surface area (Å²) in [5.74, 6) is 0.877. The van der Waals surface area contributed by atoms with Gasteiger partial charge in [0.2, 0.25) is 0 Å². The van der Waals surface area contributed by atoms with Gasteiger partial charge >= 0.3 is 0 Å². The minimum absolute atomic E-state index is 0.0153. The molecule has 1 N–H and O–H groups in total. The number of ether oxygens (including phenoxy) is 1. The quantitative estimate of drug-likeness (QED) is 0.683. The molecule has 0 aliphatic carbocycles. The summed E-state index contributed by atoms with van der Waals surface area (Å²) in [6.45, 7) is 2.95. The van der Waals surface area contributed by atoms with Crippen LogP contribution in [0.1, 0.15) is 17.2 Å². The van der Waals surface area contributed by atoms with Crippen molar-refractivity contribution in [3.8, 4) is 0 Å². The van der Waals surface area contributed by atoms with Crippen LogP contribution in [0.25, 0.3) is 0 Å². The summed E-state index contributed by atoms with van der Waals surface area (Å²) in [5, 5.41) is 8.38. The van der Waals surface area contributed by atoms with Crippen molar-refractivity contribution in [3.63, 3.8) is 0 Å². The van der Waals surface area contributed by atoms with E-state index in [1.54, 1.807) is 11.7 Å². The minimum atomic E-state index is 0.0153. The maximum absolute atomic E-state index is 5.93. The summed E-state index contributed by atoms with van der Waals surface area (Å²) in [7, 11) is 3.72. The van der Waals surface area contributed by atoms with E-state index in [2.05, 4.69) is 20.3 Å². The molecule has 1 aliphatic rings.